The van der Waals surface area contributed by atoms with Crippen molar-refractivity contribution in [1.29, 1.82) is 0 Å². The van der Waals surface area contributed by atoms with Gasteiger partial charge in [-0.05, 0) is 57.4 Å². The average molecular weight is 332 g/mol. The zero-order valence-electron chi connectivity index (χ0n) is 14.9. The SMILES string of the molecule is CCOC(=O)CCCCCCN1C(=O)C(C)(C)c2cc(N)ccc21. The lowest BCUT2D eigenvalue weighted by Gasteiger charge is -2.20. The minimum Gasteiger partial charge on any atom is -0.466 e. The number of amides is 1. The molecule has 132 valence electrons. The fraction of sp³-hybridized carbons (Fsp3) is 0.579. The van der Waals surface area contributed by atoms with E-state index in [1.807, 2.05) is 43.9 Å². The van der Waals surface area contributed by atoms with Crippen molar-refractivity contribution >= 4 is 23.3 Å². The normalized spacial score (nSPS) is 15.5. The summed E-state index contributed by atoms with van der Waals surface area (Å²) in [7, 11) is 0. The Bertz CT molecular complexity index is 611. The molecular formula is C19H28N2O3. The van der Waals surface area contributed by atoms with Gasteiger partial charge in [0, 0.05) is 24.3 Å². The Hall–Kier alpha value is -2.04. The third-order valence-electron chi connectivity index (χ3n) is 4.58. The van der Waals surface area contributed by atoms with Crippen molar-refractivity contribution in [3.63, 3.8) is 0 Å². The summed E-state index contributed by atoms with van der Waals surface area (Å²) >= 11 is 0. The molecule has 1 aliphatic heterocycles. The minimum atomic E-state index is -0.519. The fourth-order valence-electron chi connectivity index (χ4n) is 3.20. The highest BCUT2D eigenvalue weighted by atomic mass is 16.5. The predicted octanol–water partition coefficient (Wildman–Crippen LogP) is 3.41. The molecular weight excluding hydrogens is 304 g/mol. The number of rotatable bonds is 8. The number of hydrogen-bond acceptors (Lipinski definition) is 4. The van der Waals surface area contributed by atoms with Gasteiger partial charge in [0.15, 0.2) is 0 Å². The maximum Gasteiger partial charge on any atom is 0.305 e. The summed E-state index contributed by atoms with van der Waals surface area (Å²) in [5.41, 5.74) is 8.03. The number of nitrogen functional groups attached to an aromatic ring is 1. The van der Waals surface area contributed by atoms with Crippen LogP contribution in [0.15, 0.2) is 18.2 Å². The number of carbonyl (C=O) groups is 2. The lowest BCUT2D eigenvalue weighted by molar-refractivity contribution is -0.143. The molecule has 2 N–H and O–H groups in total. The van der Waals surface area contributed by atoms with Crippen LogP contribution in [0.25, 0.3) is 0 Å². The minimum absolute atomic E-state index is 0.125. The van der Waals surface area contributed by atoms with Crippen LogP contribution in [0.1, 0.15) is 58.4 Å². The van der Waals surface area contributed by atoms with E-state index in [0.29, 0.717) is 25.3 Å². The fourth-order valence-corrected chi connectivity index (χ4v) is 3.20. The maximum atomic E-state index is 12.7. The molecule has 0 atom stereocenters. The molecule has 0 unspecified atom stereocenters. The lowest BCUT2D eigenvalue weighted by atomic mass is 9.86. The van der Waals surface area contributed by atoms with E-state index in [0.717, 1.165) is 36.9 Å². The largest absolute Gasteiger partial charge is 0.466 e. The van der Waals surface area contributed by atoms with Gasteiger partial charge in [0.1, 0.15) is 0 Å². The number of esters is 1. The van der Waals surface area contributed by atoms with Crippen LogP contribution in [0, 0.1) is 0 Å². The zero-order chi connectivity index (χ0) is 17.7. The maximum absolute atomic E-state index is 12.7. The average Bonchev–Trinajstić information content (AvgIpc) is 2.71. The van der Waals surface area contributed by atoms with Gasteiger partial charge in [0.2, 0.25) is 5.91 Å². The van der Waals surface area contributed by atoms with Crippen molar-refractivity contribution in [3.8, 4) is 0 Å². The number of hydrogen-bond donors (Lipinski definition) is 1. The van der Waals surface area contributed by atoms with Gasteiger partial charge < -0.3 is 15.4 Å². The molecule has 1 aromatic rings. The third kappa shape index (κ3) is 3.89. The van der Waals surface area contributed by atoms with Crippen molar-refractivity contribution in [2.75, 3.05) is 23.8 Å². The van der Waals surface area contributed by atoms with Crippen molar-refractivity contribution < 1.29 is 14.3 Å². The van der Waals surface area contributed by atoms with E-state index in [1.165, 1.54) is 0 Å². The summed E-state index contributed by atoms with van der Waals surface area (Å²) in [5, 5.41) is 0. The van der Waals surface area contributed by atoms with Crippen LogP contribution < -0.4 is 10.6 Å². The first-order valence-corrected chi connectivity index (χ1v) is 8.75. The van der Waals surface area contributed by atoms with E-state index in [-0.39, 0.29) is 11.9 Å². The number of anilines is 2. The summed E-state index contributed by atoms with van der Waals surface area (Å²) in [5.74, 6) is 0.00936. The topological polar surface area (TPSA) is 72.6 Å². The van der Waals surface area contributed by atoms with E-state index in [9.17, 15) is 9.59 Å². The predicted molar refractivity (Wildman–Crippen MR) is 96.0 cm³/mol. The Morgan fingerprint density at radius 3 is 2.62 bits per heavy atom. The number of fused-ring (bicyclic) bond motifs is 1. The quantitative estimate of drug-likeness (QED) is 0.450. The van der Waals surface area contributed by atoms with E-state index >= 15 is 0 Å². The molecule has 0 aliphatic carbocycles. The van der Waals surface area contributed by atoms with Crippen molar-refractivity contribution in [2.24, 2.45) is 0 Å². The second kappa shape index (κ2) is 7.69. The van der Waals surface area contributed by atoms with Gasteiger partial charge in [-0.2, -0.15) is 0 Å². The van der Waals surface area contributed by atoms with E-state index in [4.69, 9.17) is 10.5 Å². The molecule has 1 aromatic carbocycles. The summed E-state index contributed by atoms with van der Waals surface area (Å²) in [6, 6.07) is 5.70. The van der Waals surface area contributed by atoms with Gasteiger partial charge >= 0.3 is 5.97 Å². The summed E-state index contributed by atoms with van der Waals surface area (Å²) in [6.45, 7) is 6.87. The summed E-state index contributed by atoms with van der Waals surface area (Å²) in [4.78, 5) is 25.9. The molecule has 0 saturated carbocycles. The Morgan fingerprint density at radius 2 is 1.92 bits per heavy atom. The molecule has 0 aromatic heterocycles. The molecule has 1 heterocycles. The highest BCUT2D eigenvalue weighted by Gasteiger charge is 2.43. The second-order valence-electron chi connectivity index (χ2n) is 6.83. The molecule has 0 saturated heterocycles. The van der Waals surface area contributed by atoms with Gasteiger partial charge in [0.05, 0.1) is 12.0 Å². The van der Waals surface area contributed by atoms with E-state index in [1.54, 1.807) is 0 Å². The third-order valence-corrected chi connectivity index (χ3v) is 4.58. The number of benzene rings is 1. The van der Waals surface area contributed by atoms with Crippen molar-refractivity contribution in [2.45, 2.75) is 58.3 Å². The molecule has 1 aliphatic rings. The molecule has 24 heavy (non-hydrogen) atoms. The Balaban J connectivity index is 1.84. The molecule has 0 bridgehead atoms. The van der Waals surface area contributed by atoms with E-state index < -0.39 is 5.41 Å². The van der Waals surface area contributed by atoms with Crippen molar-refractivity contribution in [3.05, 3.63) is 23.8 Å². The standard InChI is InChI=1S/C19H28N2O3/c1-4-24-17(22)9-7-5-6-8-12-21-16-11-10-14(20)13-15(16)19(2,3)18(21)23/h10-11,13H,4-9,12,20H2,1-3H3. The highest BCUT2D eigenvalue weighted by molar-refractivity contribution is 6.07. The number of carbonyl (C=O) groups excluding carboxylic acids is 2. The van der Waals surface area contributed by atoms with Gasteiger partial charge in [-0.15, -0.1) is 0 Å². The van der Waals surface area contributed by atoms with E-state index in [2.05, 4.69) is 0 Å². The van der Waals surface area contributed by atoms with Crippen LogP contribution in [0.4, 0.5) is 11.4 Å². The first-order chi connectivity index (χ1) is 11.4. The number of nitrogens with two attached hydrogens (primary N) is 1. The van der Waals surface area contributed by atoms with Crippen LogP contribution >= 0.6 is 0 Å². The molecule has 0 radical (unpaired) electrons. The van der Waals surface area contributed by atoms with Crippen LogP contribution in [0.2, 0.25) is 0 Å². The number of ether oxygens (including phenoxy) is 1. The lowest BCUT2D eigenvalue weighted by Crippen LogP contribution is -2.36. The Morgan fingerprint density at radius 1 is 1.21 bits per heavy atom. The van der Waals surface area contributed by atoms with Crippen LogP contribution in [-0.4, -0.2) is 25.0 Å². The smallest absolute Gasteiger partial charge is 0.305 e. The second-order valence-corrected chi connectivity index (χ2v) is 6.83. The Labute approximate surface area is 144 Å². The monoisotopic (exact) mass is 332 g/mol. The first-order valence-electron chi connectivity index (χ1n) is 8.75. The zero-order valence-corrected chi connectivity index (χ0v) is 14.9. The van der Waals surface area contributed by atoms with Gasteiger partial charge in [-0.25, -0.2) is 0 Å². The number of unbranched alkanes of at least 4 members (excludes halogenated alkanes) is 3. The van der Waals surface area contributed by atoms with Crippen LogP contribution in [0.5, 0.6) is 0 Å². The Kier molecular flexibility index (Phi) is 5.86. The van der Waals surface area contributed by atoms with Crippen LogP contribution in [-0.2, 0) is 19.7 Å². The van der Waals surface area contributed by atoms with Crippen LogP contribution in [0.3, 0.4) is 0 Å². The first kappa shape index (κ1) is 18.3. The molecule has 5 heteroatoms. The van der Waals surface area contributed by atoms with Gasteiger partial charge in [0.25, 0.3) is 0 Å². The van der Waals surface area contributed by atoms with Gasteiger partial charge in [-0.3, -0.25) is 9.59 Å². The highest BCUT2D eigenvalue weighted by Crippen LogP contribution is 2.42. The molecule has 5 nitrogen and oxygen atoms in total. The number of nitrogens with zero attached hydrogens (tertiary/aromatic N) is 1. The summed E-state index contributed by atoms with van der Waals surface area (Å²) < 4.78 is 4.91. The van der Waals surface area contributed by atoms with Crippen molar-refractivity contribution in [1.82, 2.24) is 0 Å². The molecule has 0 spiro atoms. The molecule has 2 rings (SSSR count). The molecule has 0 fully saturated rings. The molecule has 1 amide bonds. The van der Waals surface area contributed by atoms with Gasteiger partial charge in [-0.1, -0.05) is 12.8 Å². The summed E-state index contributed by atoms with van der Waals surface area (Å²) in [6.07, 6.45) is 4.21.